The fourth-order valence-electron chi connectivity index (χ4n) is 1.54. The van der Waals surface area contributed by atoms with Crippen molar-refractivity contribution in [3.05, 3.63) is 0 Å². The smallest absolute Gasteiger partial charge is 0.236 e. The molecule has 0 spiro atoms. The summed E-state index contributed by atoms with van der Waals surface area (Å²) < 4.78 is 0. The van der Waals surface area contributed by atoms with Crippen LogP contribution in [0.15, 0.2) is 0 Å². The van der Waals surface area contributed by atoms with Crippen molar-refractivity contribution in [1.82, 2.24) is 10.2 Å². The first-order chi connectivity index (χ1) is 6.67. The lowest BCUT2D eigenvalue weighted by molar-refractivity contribution is -0.131. The quantitative estimate of drug-likeness (QED) is 0.634. The van der Waals surface area contributed by atoms with Gasteiger partial charge in [0.2, 0.25) is 5.91 Å². The second-order valence-corrected chi connectivity index (χ2v) is 3.65. The third kappa shape index (κ3) is 4.61. The molecule has 84 valence electrons. The number of rotatable bonds is 7. The van der Waals surface area contributed by atoms with E-state index in [2.05, 4.69) is 26.1 Å². The Labute approximate surface area is 87.9 Å². The van der Waals surface area contributed by atoms with Gasteiger partial charge in [0.05, 0.1) is 6.54 Å². The van der Waals surface area contributed by atoms with Gasteiger partial charge < -0.3 is 10.2 Å². The summed E-state index contributed by atoms with van der Waals surface area (Å²) in [6, 6.07) is 0.394. The molecule has 1 N–H and O–H groups in total. The lowest BCUT2D eigenvalue weighted by Gasteiger charge is -2.26. The molecule has 0 aromatic rings. The Bertz CT molecular complexity index is 155. The van der Waals surface area contributed by atoms with E-state index < -0.39 is 0 Å². The lowest BCUT2D eigenvalue weighted by atomic mass is 10.1. The van der Waals surface area contributed by atoms with Crippen LogP contribution in [0.5, 0.6) is 0 Å². The fraction of sp³-hybridized carbons (Fsp3) is 0.909. The van der Waals surface area contributed by atoms with E-state index >= 15 is 0 Å². The van der Waals surface area contributed by atoms with Crippen molar-refractivity contribution in [2.45, 2.75) is 46.1 Å². The monoisotopic (exact) mass is 200 g/mol. The second kappa shape index (κ2) is 7.80. The first-order valence-corrected chi connectivity index (χ1v) is 5.63. The largest absolute Gasteiger partial charge is 0.342 e. The molecule has 3 nitrogen and oxygen atoms in total. The molecule has 0 saturated carbocycles. The lowest BCUT2D eigenvalue weighted by Crippen LogP contribution is -2.41. The van der Waals surface area contributed by atoms with Crippen LogP contribution in [0.2, 0.25) is 0 Å². The Kier molecular flexibility index (Phi) is 7.48. The fourth-order valence-corrected chi connectivity index (χ4v) is 1.54. The van der Waals surface area contributed by atoms with Crippen LogP contribution in [0.3, 0.4) is 0 Å². The highest BCUT2D eigenvalue weighted by atomic mass is 16.2. The molecule has 1 amide bonds. The standard InChI is InChI=1S/C11H24N2O/c1-5-8-12-9-11(14)13(4)10(6-2)7-3/h10,12H,5-9H2,1-4H3. The van der Waals surface area contributed by atoms with Gasteiger partial charge in [-0.2, -0.15) is 0 Å². The van der Waals surface area contributed by atoms with Gasteiger partial charge >= 0.3 is 0 Å². The minimum absolute atomic E-state index is 0.201. The normalized spacial score (nSPS) is 10.6. The molecule has 0 aliphatic carbocycles. The summed E-state index contributed by atoms with van der Waals surface area (Å²) in [6.45, 7) is 7.74. The molecule has 0 unspecified atom stereocenters. The molecule has 0 rings (SSSR count). The maximum absolute atomic E-state index is 11.6. The predicted molar refractivity (Wildman–Crippen MR) is 60.3 cm³/mol. The summed E-state index contributed by atoms with van der Waals surface area (Å²) >= 11 is 0. The van der Waals surface area contributed by atoms with Crippen LogP contribution in [0.25, 0.3) is 0 Å². The Hall–Kier alpha value is -0.570. The molecule has 0 aliphatic rings. The van der Waals surface area contributed by atoms with Crippen molar-refractivity contribution in [3.8, 4) is 0 Å². The number of hydrogen-bond donors (Lipinski definition) is 1. The summed E-state index contributed by atoms with van der Waals surface area (Å²) in [4.78, 5) is 13.5. The average molecular weight is 200 g/mol. The van der Waals surface area contributed by atoms with Gasteiger partial charge in [-0.15, -0.1) is 0 Å². The number of amides is 1. The van der Waals surface area contributed by atoms with Crippen LogP contribution in [0.4, 0.5) is 0 Å². The van der Waals surface area contributed by atoms with Crippen molar-refractivity contribution < 1.29 is 4.79 Å². The SMILES string of the molecule is CCCNCC(=O)N(C)C(CC)CC. The van der Waals surface area contributed by atoms with Gasteiger partial charge in [-0.1, -0.05) is 20.8 Å². The zero-order valence-electron chi connectivity index (χ0n) is 9.97. The van der Waals surface area contributed by atoms with Crippen LogP contribution in [-0.2, 0) is 4.79 Å². The first-order valence-electron chi connectivity index (χ1n) is 5.63. The Morgan fingerprint density at radius 3 is 2.29 bits per heavy atom. The molecule has 3 heteroatoms. The Morgan fingerprint density at radius 1 is 1.29 bits per heavy atom. The molecule has 0 heterocycles. The second-order valence-electron chi connectivity index (χ2n) is 3.65. The van der Waals surface area contributed by atoms with Crippen LogP contribution < -0.4 is 5.32 Å². The summed E-state index contributed by atoms with van der Waals surface area (Å²) in [5, 5.41) is 3.13. The van der Waals surface area contributed by atoms with Gasteiger partial charge in [0.25, 0.3) is 0 Å². The van der Waals surface area contributed by atoms with Crippen LogP contribution in [0.1, 0.15) is 40.0 Å². The van der Waals surface area contributed by atoms with Crippen molar-refractivity contribution in [2.75, 3.05) is 20.1 Å². The molecule has 0 fully saturated rings. The molecular formula is C11H24N2O. The van der Waals surface area contributed by atoms with Crippen LogP contribution >= 0.6 is 0 Å². The summed E-state index contributed by atoms with van der Waals surface area (Å²) in [7, 11) is 1.90. The van der Waals surface area contributed by atoms with Gasteiger partial charge in [-0.3, -0.25) is 4.79 Å². The van der Waals surface area contributed by atoms with E-state index in [1.807, 2.05) is 11.9 Å². The predicted octanol–water partition coefficient (Wildman–Crippen LogP) is 1.63. The van der Waals surface area contributed by atoms with Crippen molar-refractivity contribution in [3.63, 3.8) is 0 Å². The van der Waals surface area contributed by atoms with E-state index in [-0.39, 0.29) is 5.91 Å². The number of carbonyl (C=O) groups excluding carboxylic acids is 1. The molecule has 0 radical (unpaired) electrons. The number of likely N-dealkylation sites (N-methyl/N-ethyl adjacent to an activating group) is 1. The molecule has 0 aromatic heterocycles. The Morgan fingerprint density at radius 2 is 1.86 bits per heavy atom. The maximum atomic E-state index is 11.6. The van der Waals surface area contributed by atoms with E-state index in [0.717, 1.165) is 25.8 Å². The maximum Gasteiger partial charge on any atom is 0.236 e. The zero-order valence-corrected chi connectivity index (χ0v) is 9.97. The minimum atomic E-state index is 0.201. The number of nitrogens with zero attached hydrogens (tertiary/aromatic N) is 1. The minimum Gasteiger partial charge on any atom is -0.342 e. The van der Waals surface area contributed by atoms with E-state index in [1.165, 1.54) is 0 Å². The molecule has 0 aliphatic heterocycles. The van der Waals surface area contributed by atoms with Crippen molar-refractivity contribution >= 4 is 5.91 Å². The van der Waals surface area contributed by atoms with E-state index in [1.54, 1.807) is 0 Å². The third-order valence-corrected chi connectivity index (χ3v) is 2.59. The topological polar surface area (TPSA) is 32.3 Å². The highest BCUT2D eigenvalue weighted by molar-refractivity contribution is 5.78. The summed E-state index contributed by atoms with van der Waals surface area (Å²) in [5.74, 6) is 0.201. The van der Waals surface area contributed by atoms with Crippen LogP contribution in [0, 0.1) is 0 Å². The molecule has 14 heavy (non-hydrogen) atoms. The number of carbonyl (C=O) groups is 1. The number of nitrogens with one attached hydrogen (secondary N) is 1. The molecule has 0 atom stereocenters. The molecular weight excluding hydrogens is 176 g/mol. The van der Waals surface area contributed by atoms with E-state index in [4.69, 9.17) is 0 Å². The van der Waals surface area contributed by atoms with Gasteiger partial charge in [-0.05, 0) is 25.8 Å². The third-order valence-electron chi connectivity index (χ3n) is 2.59. The summed E-state index contributed by atoms with van der Waals surface area (Å²) in [6.07, 6.45) is 3.14. The van der Waals surface area contributed by atoms with E-state index in [9.17, 15) is 4.79 Å². The number of hydrogen-bond acceptors (Lipinski definition) is 2. The van der Waals surface area contributed by atoms with Gasteiger partial charge in [-0.25, -0.2) is 0 Å². The van der Waals surface area contributed by atoms with Gasteiger partial charge in [0, 0.05) is 13.1 Å². The molecule has 0 aromatic carbocycles. The molecule has 0 saturated heterocycles. The highest BCUT2D eigenvalue weighted by Crippen LogP contribution is 2.05. The average Bonchev–Trinajstić information content (AvgIpc) is 2.19. The molecule has 0 bridgehead atoms. The van der Waals surface area contributed by atoms with Gasteiger partial charge in [0.1, 0.15) is 0 Å². The van der Waals surface area contributed by atoms with Gasteiger partial charge in [0.15, 0.2) is 0 Å². The zero-order chi connectivity index (χ0) is 11.0. The first kappa shape index (κ1) is 13.4. The Balaban J connectivity index is 3.84. The van der Waals surface area contributed by atoms with E-state index in [0.29, 0.717) is 12.6 Å². The van der Waals surface area contributed by atoms with Crippen LogP contribution in [-0.4, -0.2) is 37.0 Å². The van der Waals surface area contributed by atoms with Crippen molar-refractivity contribution in [1.29, 1.82) is 0 Å². The summed E-state index contributed by atoms with van der Waals surface area (Å²) in [5.41, 5.74) is 0. The highest BCUT2D eigenvalue weighted by Gasteiger charge is 2.15. The van der Waals surface area contributed by atoms with Crippen molar-refractivity contribution in [2.24, 2.45) is 0 Å².